The molecule has 0 spiro atoms. The molecule has 2 atom stereocenters. The van der Waals surface area contributed by atoms with Crippen LogP contribution in [0.25, 0.3) is 79.1 Å². The minimum absolute atomic E-state index is 0.355. The molecule has 2 unspecified atom stereocenters. The molecule has 3 saturated carbocycles. The Kier molecular flexibility index (Phi) is 6.75. The Morgan fingerprint density at radius 1 is 0.396 bits per heavy atom. The van der Waals surface area contributed by atoms with E-state index in [0.717, 1.165) is 61.9 Å². The number of aromatic nitrogens is 6. The van der Waals surface area contributed by atoms with E-state index in [1.807, 2.05) is 78.9 Å². The predicted molar refractivity (Wildman–Crippen MR) is 209 cm³/mol. The highest BCUT2D eigenvalue weighted by molar-refractivity contribution is 5.98. The Hall–Kier alpha value is -6.40. The van der Waals surface area contributed by atoms with E-state index in [-0.39, 0.29) is 0 Å². The smallest absolute Gasteiger partial charge is 0.164 e. The van der Waals surface area contributed by atoms with Gasteiger partial charge in [-0.25, -0.2) is 29.9 Å². The molecule has 6 heteroatoms. The lowest BCUT2D eigenvalue weighted by molar-refractivity contribution is -0.219. The van der Waals surface area contributed by atoms with Gasteiger partial charge in [-0.3, -0.25) is 0 Å². The molecule has 0 aliphatic heterocycles. The highest BCUT2D eigenvalue weighted by Crippen LogP contribution is 2.77. The van der Waals surface area contributed by atoms with Crippen LogP contribution in [0.3, 0.4) is 0 Å². The third kappa shape index (κ3) is 4.93. The summed E-state index contributed by atoms with van der Waals surface area (Å²) in [6.07, 6.45) is 4.08. The highest BCUT2D eigenvalue weighted by atomic mass is 15.0. The Morgan fingerprint density at radius 3 is 1.42 bits per heavy atom. The van der Waals surface area contributed by atoms with Crippen LogP contribution in [0, 0.1) is 17.8 Å². The van der Waals surface area contributed by atoms with Crippen LogP contribution in [0.15, 0.2) is 152 Å². The number of hydrogen-bond acceptors (Lipinski definition) is 6. The molecular weight excluding hydrogens is 649 g/mol. The van der Waals surface area contributed by atoms with Crippen molar-refractivity contribution in [2.24, 2.45) is 17.8 Å². The molecule has 3 aliphatic carbocycles. The third-order valence-electron chi connectivity index (χ3n) is 11.9. The van der Waals surface area contributed by atoms with Crippen molar-refractivity contribution < 1.29 is 0 Å². The highest BCUT2D eigenvalue weighted by Gasteiger charge is 2.71. The lowest BCUT2D eigenvalue weighted by Crippen LogP contribution is -2.71. The second-order valence-corrected chi connectivity index (χ2v) is 14.9. The van der Waals surface area contributed by atoms with Crippen molar-refractivity contribution in [1.29, 1.82) is 0 Å². The van der Waals surface area contributed by atoms with Gasteiger partial charge in [0.15, 0.2) is 34.9 Å². The predicted octanol–water partition coefficient (Wildman–Crippen LogP) is 10.5. The molecule has 252 valence electrons. The zero-order valence-corrected chi connectivity index (χ0v) is 29.0. The van der Waals surface area contributed by atoms with Crippen molar-refractivity contribution in [2.45, 2.75) is 24.7 Å². The van der Waals surface area contributed by atoms with Gasteiger partial charge in [0.25, 0.3) is 0 Å². The van der Waals surface area contributed by atoms with Gasteiger partial charge in [0.05, 0.1) is 0 Å². The summed E-state index contributed by atoms with van der Waals surface area (Å²) in [4.78, 5) is 30.6. The van der Waals surface area contributed by atoms with E-state index in [4.69, 9.17) is 29.9 Å². The van der Waals surface area contributed by atoms with E-state index < -0.39 is 0 Å². The fourth-order valence-corrected chi connectivity index (χ4v) is 9.46. The molecule has 11 rings (SSSR count). The molecule has 6 nitrogen and oxygen atoms in total. The molecule has 2 heterocycles. The Labute approximate surface area is 307 Å². The Balaban J connectivity index is 1.10. The van der Waals surface area contributed by atoms with E-state index >= 15 is 0 Å². The zero-order valence-electron chi connectivity index (χ0n) is 29.0. The van der Waals surface area contributed by atoms with Crippen molar-refractivity contribution in [1.82, 2.24) is 29.9 Å². The number of nitrogens with zero attached hydrogens (tertiary/aromatic N) is 6. The number of hydrogen-bond donors (Lipinski definition) is 0. The van der Waals surface area contributed by atoms with Crippen LogP contribution >= 0.6 is 0 Å². The van der Waals surface area contributed by atoms with Gasteiger partial charge < -0.3 is 0 Å². The molecule has 0 saturated heterocycles. The average Bonchev–Trinajstić information content (AvgIpc) is 3.23. The SMILES string of the molecule is c1ccc(-c2nc(-c3ccccc3)nc(-c3cc(-c4nc(-c5ccccc5)nc(-c5cccc(C67CC8CC(C6)C87)c5)n4)c4ccccc4c3)n2)cc1. The van der Waals surface area contributed by atoms with Gasteiger partial charge in [-0.1, -0.05) is 133 Å². The summed E-state index contributed by atoms with van der Waals surface area (Å²) < 4.78 is 0. The summed E-state index contributed by atoms with van der Waals surface area (Å²) in [7, 11) is 0. The number of benzene rings is 6. The molecular formula is C47H34N6. The molecule has 0 radical (unpaired) electrons. The fourth-order valence-electron chi connectivity index (χ4n) is 9.46. The first-order chi connectivity index (χ1) is 26.2. The van der Waals surface area contributed by atoms with Crippen LogP contribution in [0.1, 0.15) is 24.8 Å². The monoisotopic (exact) mass is 682 g/mol. The summed E-state index contributed by atoms with van der Waals surface area (Å²) in [5.41, 5.74) is 7.39. The van der Waals surface area contributed by atoms with Gasteiger partial charge in [-0.2, -0.15) is 0 Å². The molecule has 2 aromatic heterocycles. The summed E-state index contributed by atoms with van der Waals surface area (Å²) in [5, 5.41) is 2.10. The Morgan fingerprint density at radius 2 is 0.868 bits per heavy atom. The van der Waals surface area contributed by atoms with Crippen LogP contribution < -0.4 is 0 Å². The minimum Gasteiger partial charge on any atom is -0.208 e. The topological polar surface area (TPSA) is 77.3 Å². The van der Waals surface area contributed by atoms with Gasteiger partial charge >= 0.3 is 0 Å². The molecule has 53 heavy (non-hydrogen) atoms. The van der Waals surface area contributed by atoms with Gasteiger partial charge in [0.1, 0.15) is 0 Å². The standard InChI is InChI=1S/C47H34N6/c1-4-13-29(14-5-1)41-48-42(30-15-6-2-7-16-30)51-45(50-41)34-23-32-19-10-11-22-38(32)39(26-34)46-52-43(31-17-8-3-9-18-31)49-44(53-46)33-20-12-21-37(25-33)47-27-35-24-36(28-47)40(35)47/h1-23,25-26,35-36,40H,24,27-28H2. The number of fused-ring (bicyclic) bond motifs is 1. The molecule has 0 bridgehead atoms. The van der Waals surface area contributed by atoms with Gasteiger partial charge in [-0.05, 0) is 77.0 Å². The maximum atomic E-state index is 5.27. The largest absolute Gasteiger partial charge is 0.208 e. The van der Waals surface area contributed by atoms with Crippen molar-refractivity contribution in [3.63, 3.8) is 0 Å². The van der Waals surface area contributed by atoms with Crippen molar-refractivity contribution in [3.8, 4) is 68.3 Å². The Bertz CT molecular complexity index is 2610. The third-order valence-corrected chi connectivity index (χ3v) is 11.9. The van der Waals surface area contributed by atoms with Crippen LogP contribution in [0.2, 0.25) is 0 Å². The maximum Gasteiger partial charge on any atom is 0.164 e. The van der Waals surface area contributed by atoms with E-state index in [1.54, 1.807) is 0 Å². The van der Waals surface area contributed by atoms with E-state index in [2.05, 4.69) is 72.8 Å². The van der Waals surface area contributed by atoms with Crippen molar-refractivity contribution in [3.05, 3.63) is 157 Å². The van der Waals surface area contributed by atoms with Crippen LogP contribution in [-0.4, -0.2) is 29.9 Å². The molecule has 0 amide bonds. The molecule has 6 aromatic carbocycles. The first-order valence-electron chi connectivity index (χ1n) is 18.5. The van der Waals surface area contributed by atoms with Gasteiger partial charge in [0, 0.05) is 33.4 Å². The molecule has 3 fully saturated rings. The first kappa shape index (κ1) is 30.2. The second-order valence-electron chi connectivity index (χ2n) is 14.9. The zero-order chi connectivity index (χ0) is 34.9. The summed E-state index contributed by atoms with van der Waals surface area (Å²) in [6.45, 7) is 0. The fraction of sp³-hybridized carbons (Fsp3) is 0.149. The molecule has 8 aromatic rings. The second kappa shape index (κ2) is 11.8. The average molecular weight is 683 g/mol. The quantitative estimate of drug-likeness (QED) is 0.167. The first-order valence-corrected chi connectivity index (χ1v) is 18.5. The van der Waals surface area contributed by atoms with Crippen LogP contribution in [0.5, 0.6) is 0 Å². The van der Waals surface area contributed by atoms with Crippen molar-refractivity contribution in [2.75, 3.05) is 0 Å². The summed E-state index contributed by atoms with van der Waals surface area (Å²) in [5.74, 6) is 6.51. The molecule has 0 N–H and O–H groups in total. The van der Waals surface area contributed by atoms with E-state index in [9.17, 15) is 0 Å². The van der Waals surface area contributed by atoms with Crippen LogP contribution in [-0.2, 0) is 5.41 Å². The number of rotatable bonds is 7. The summed E-state index contributed by atoms with van der Waals surface area (Å²) >= 11 is 0. The summed E-state index contributed by atoms with van der Waals surface area (Å²) in [6, 6.07) is 52.1. The normalized spacial score (nSPS) is 20.9. The van der Waals surface area contributed by atoms with E-state index in [1.165, 1.54) is 24.8 Å². The van der Waals surface area contributed by atoms with Gasteiger partial charge in [0.2, 0.25) is 0 Å². The van der Waals surface area contributed by atoms with E-state index in [0.29, 0.717) is 40.4 Å². The maximum absolute atomic E-state index is 5.27. The molecule has 3 aliphatic rings. The van der Waals surface area contributed by atoms with Gasteiger partial charge in [-0.15, -0.1) is 0 Å². The lowest BCUT2D eigenvalue weighted by Gasteiger charge is -2.76. The van der Waals surface area contributed by atoms with Crippen LogP contribution in [0.4, 0.5) is 0 Å². The van der Waals surface area contributed by atoms with Crippen molar-refractivity contribution >= 4 is 10.8 Å². The lowest BCUT2D eigenvalue weighted by atomic mass is 9.28. The minimum atomic E-state index is 0.355.